The highest BCUT2D eigenvalue weighted by Crippen LogP contribution is 2.35. The number of carbonyl (C=O) groups is 1. The van der Waals surface area contributed by atoms with Gasteiger partial charge in [0.1, 0.15) is 5.69 Å². The van der Waals surface area contributed by atoms with E-state index in [2.05, 4.69) is 10.3 Å². The largest absolute Gasteiger partial charge is 0.433 e. The predicted octanol–water partition coefficient (Wildman–Crippen LogP) is 2.51. The fourth-order valence-corrected chi connectivity index (χ4v) is 3.86. The minimum atomic E-state index is -4.49. The molecule has 1 amide bonds. The Bertz CT molecular complexity index is 840. The molecule has 0 saturated carbocycles. The van der Waals surface area contributed by atoms with E-state index < -0.39 is 11.9 Å². The van der Waals surface area contributed by atoms with Crippen molar-refractivity contribution in [1.82, 2.24) is 15.2 Å². The number of anilines is 1. The number of alkyl halides is 3. The zero-order valence-corrected chi connectivity index (χ0v) is 14.8. The van der Waals surface area contributed by atoms with Gasteiger partial charge in [0.15, 0.2) is 0 Å². The SMILES string of the molecule is O=C([C@H]1CCNC1)N1CCN(c2cc(C(F)(F)F)nc3ccccc23)CC1. The summed E-state index contributed by atoms with van der Waals surface area (Å²) in [4.78, 5) is 20.1. The summed E-state index contributed by atoms with van der Waals surface area (Å²) in [7, 11) is 0. The quantitative estimate of drug-likeness (QED) is 0.873. The maximum Gasteiger partial charge on any atom is 0.433 e. The molecule has 27 heavy (non-hydrogen) atoms. The highest BCUT2D eigenvalue weighted by atomic mass is 19.4. The van der Waals surface area contributed by atoms with Gasteiger partial charge in [-0.15, -0.1) is 0 Å². The molecular weight excluding hydrogens is 357 g/mol. The molecule has 0 aliphatic carbocycles. The van der Waals surface area contributed by atoms with Crippen molar-refractivity contribution < 1.29 is 18.0 Å². The summed E-state index contributed by atoms with van der Waals surface area (Å²) in [6.07, 6.45) is -3.64. The number of hydrogen-bond donors (Lipinski definition) is 1. The Morgan fingerprint density at radius 1 is 1.15 bits per heavy atom. The molecule has 2 aliphatic heterocycles. The van der Waals surface area contributed by atoms with Crippen LogP contribution in [0.3, 0.4) is 0 Å². The van der Waals surface area contributed by atoms with Crippen LogP contribution in [-0.2, 0) is 11.0 Å². The number of fused-ring (bicyclic) bond motifs is 1. The van der Waals surface area contributed by atoms with Crippen molar-refractivity contribution in [2.45, 2.75) is 12.6 Å². The van der Waals surface area contributed by atoms with Crippen LogP contribution in [0.5, 0.6) is 0 Å². The Morgan fingerprint density at radius 2 is 1.89 bits per heavy atom. The van der Waals surface area contributed by atoms with Crippen molar-refractivity contribution in [2.24, 2.45) is 5.92 Å². The lowest BCUT2D eigenvalue weighted by Crippen LogP contribution is -2.50. The molecule has 4 rings (SSSR count). The molecule has 0 bridgehead atoms. The van der Waals surface area contributed by atoms with Crippen LogP contribution < -0.4 is 10.2 Å². The number of para-hydroxylation sites is 1. The van der Waals surface area contributed by atoms with Gasteiger partial charge < -0.3 is 15.1 Å². The number of nitrogens with zero attached hydrogens (tertiary/aromatic N) is 3. The number of piperazine rings is 1. The van der Waals surface area contributed by atoms with Crippen molar-refractivity contribution in [2.75, 3.05) is 44.2 Å². The van der Waals surface area contributed by atoms with E-state index in [0.717, 1.165) is 19.0 Å². The standard InChI is InChI=1S/C19H21F3N4O/c20-19(21,22)17-11-16(14-3-1-2-4-15(14)24-17)25-7-9-26(10-8-25)18(27)13-5-6-23-12-13/h1-4,11,13,23H,5-10,12H2/t13-/m0/s1. The van der Waals surface area contributed by atoms with Crippen molar-refractivity contribution in [1.29, 1.82) is 0 Å². The third-order valence-electron chi connectivity index (χ3n) is 5.33. The van der Waals surface area contributed by atoms with Gasteiger partial charge in [-0.1, -0.05) is 18.2 Å². The molecule has 0 spiro atoms. The van der Waals surface area contributed by atoms with E-state index in [-0.39, 0.29) is 11.8 Å². The zero-order valence-electron chi connectivity index (χ0n) is 14.8. The molecule has 3 heterocycles. The minimum Gasteiger partial charge on any atom is -0.367 e. The highest BCUT2D eigenvalue weighted by molar-refractivity contribution is 5.92. The van der Waals surface area contributed by atoms with Gasteiger partial charge in [0.05, 0.1) is 11.4 Å². The first kappa shape index (κ1) is 18.0. The van der Waals surface area contributed by atoms with Crippen LogP contribution in [-0.4, -0.2) is 55.1 Å². The number of rotatable bonds is 2. The number of amides is 1. The van der Waals surface area contributed by atoms with Gasteiger partial charge in [0, 0.05) is 43.8 Å². The monoisotopic (exact) mass is 378 g/mol. The molecule has 1 aromatic carbocycles. The first-order valence-electron chi connectivity index (χ1n) is 9.15. The average Bonchev–Trinajstić information content (AvgIpc) is 3.21. The van der Waals surface area contributed by atoms with Gasteiger partial charge in [-0.25, -0.2) is 4.98 Å². The van der Waals surface area contributed by atoms with Crippen LogP contribution in [0, 0.1) is 5.92 Å². The van der Waals surface area contributed by atoms with Crippen LogP contribution in [0.25, 0.3) is 10.9 Å². The summed E-state index contributed by atoms with van der Waals surface area (Å²) >= 11 is 0. The van der Waals surface area contributed by atoms with Crippen molar-refractivity contribution in [3.8, 4) is 0 Å². The Morgan fingerprint density at radius 3 is 2.56 bits per heavy atom. The third kappa shape index (κ3) is 3.58. The summed E-state index contributed by atoms with van der Waals surface area (Å²) < 4.78 is 39.8. The van der Waals surface area contributed by atoms with Gasteiger partial charge in [-0.2, -0.15) is 13.2 Å². The number of nitrogens with one attached hydrogen (secondary N) is 1. The molecule has 144 valence electrons. The third-order valence-corrected chi connectivity index (χ3v) is 5.33. The maximum atomic E-state index is 13.3. The molecule has 2 aromatic rings. The van der Waals surface area contributed by atoms with Crippen molar-refractivity contribution >= 4 is 22.5 Å². The van der Waals surface area contributed by atoms with Crippen LogP contribution in [0.2, 0.25) is 0 Å². The highest BCUT2D eigenvalue weighted by Gasteiger charge is 2.35. The van der Waals surface area contributed by atoms with E-state index in [1.807, 2.05) is 9.80 Å². The van der Waals surface area contributed by atoms with Crippen molar-refractivity contribution in [3.63, 3.8) is 0 Å². The molecule has 8 heteroatoms. The predicted molar refractivity (Wildman–Crippen MR) is 96.5 cm³/mol. The fraction of sp³-hybridized carbons (Fsp3) is 0.474. The number of benzene rings is 1. The second kappa shape index (κ2) is 6.99. The molecule has 1 N–H and O–H groups in total. The summed E-state index contributed by atoms with van der Waals surface area (Å²) in [5.41, 5.74) is -0.0212. The Balaban J connectivity index is 1.57. The van der Waals surface area contributed by atoms with Gasteiger partial charge in [-0.05, 0) is 25.1 Å². The lowest BCUT2D eigenvalue weighted by atomic mass is 10.1. The minimum absolute atomic E-state index is 0.0233. The Kier molecular flexibility index (Phi) is 4.67. The van der Waals surface area contributed by atoms with E-state index in [1.165, 1.54) is 0 Å². The summed E-state index contributed by atoms with van der Waals surface area (Å²) in [6, 6.07) is 8.00. The average molecular weight is 378 g/mol. The number of hydrogen-bond acceptors (Lipinski definition) is 4. The van der Waals surface area contributed by atoms with Gasteiger partial charge >= 0.3 is 6.18 Å². The van der Waals surface area contributed by atoms with E-state index in [1.54, 1.807) is 24.3 Å². The van der Waals surface area contributed by atoms with E-state index in [4.69, 9.17) is 0 Å². The molecule has 0 unspecified atom stereocenters. The molecule has 1 atom stereocenters. The second-order valence-corrected chi connectivity index (χ2v) is 7.04. The number of pyridine rings is 1. The fourth-order valence-electron chi connectivity index (χ4n) is 3.86. The number of halogens is 3. The smallest absolute Gasteiger partial charge is 0.367 e. The first-order valence-corrected chi connectivity index (χ1v) is 9.15. The van der Waals surface area contributed by atoms with E-state index >= 15 is 0 Å². The van der Waals surface area contributed by atoms with Gasteiger partial charge in [0.2, 0.25) is 5.91 Å². The first-order chi connectivity index (χ1) is 12.9. The van der Waals surface area contributed by atoms with Crippen molar-refractivity contribution in [3.05, 3.63) is 36.0 Å². The number of carbonyl (C=O) groups excluding carboxylic acids is 1. The summed E-state index contributed by atoms with van der Waals surface area (Å²) in [5, 5.41) is 3.90. The van der Waals surface area contributed by atoms with Crippen LogP contribution >= 0.6 is 0 Å². The number of aromatic nitrogens is 1. The molecule has 2 fully saturated rings. The maximum absolute atomic E-state index is 13.3. The van der Waals surface area contributed by atoms with Crippen LogP contribution in [0.4, 0.5) is 18.9 Å². The molecular formula is C19H21F3N4O. The van der Waals surface area contributed by atoms with Gasteiger partial charge in [0.25, 0.3) is 0 Å². The summed E-state index contributed by atoms with van der Waals surface area (Å²) in [6.45, 7) is 3.64. The second-order valence-electron chi connectivity index (χ2n) is 7.04. The molecule has 0 radical (unpaired) electrons. The van der Waals surface area contributed by atoms with E-state index in [9.17, 15) is 18.0 Å². The molecule has 2 aliphatic rings. The molecule has 2 saturated heterocycles. The summed E-state index contributed by atoms with van der Waals surface area (Å²) in [5.74, 6) is 0.172. The lowest BCUT2D eigenvalue weighted by molar-refractivity contribution is -0.141. The topological polar surface area (TPSA) is 48.5 Å². The van der Waals surface area contributed by atoms with Crippen LogP contribution in [0.15, 0.2) is 30.3 Å². The van der Waals surface area contributed by atoms with E-state index in [0.29, 0.717) is 49.3 Å². The van der Waals surface area contributed by atoms with Gasteiger partial charge in [-0.3, -0.25) is 4.79 Å². The Labute approximate surface area is 155 Å². The molecule has 5 nitrogen and oxygen atoms in total. The Hall–Kier alpha value is -2.35. The van der Waals surface area contributed by atoms with Crippen LogP contribution in [0.1, 0.15) is 12.1 Å². The zero-order chi connectivity index (χ0) is 19.0. The lowest BCUT2D eigenvalue weighted by Gasteiger charge is -2.37. The molecule has 1 aromatic heterocycles. The normalized spacial score (nSPS) is 21.1.